The number of hydrogen-bond donors (Lipinski definition) is 1. The van der Waals surface area contributed by atoms with Gasteiger partial charge in [-0.15, -0.1) is 0 Å². The van der Waals surface area contributed by atoms with Gasteiger partial charge in [-0.2, -0.15) is 20.4 Å². The molecule has 0 spiro atoms. The molecule has 1 N–H and O–H groups in total. The lowest BCUT2D eigenvalue weighted by Gasteiger charge is -2.29. The van der Waals surface area contributed by atoms with Crippen LogP contribution in [0.2, 0.25) is 0 Å². The van der Waals surface area contributed by atoms with Crippen molar-refractivity contribution in [3.8, 4) is 0 Å². The van der Waals surface area contributed by atoms with Crippen molar-refractivity contribution >= 4 is 5.91 Å². The van der Waals surface area contributed by atoms with Crippen LogP contribution in [0.3, 0.4) is 0 Å². The molecule has 100 valence electrons. The van der Waals surface area contributed by atoms with E-state index in [1.165, 1.54) is 6.20 Å². The molecule has 3 heterocycles. The Hall–Kier alpha value is -2.25. The predicted octanol–water partition coefficient (Wildman–Crippen LogP) is 0.516. The number of rotatable bonds is 2. The number of aromatic amines is 1. The SMILES string of the molecule is Cc1noc(C2CCN(C(=O)c3cn[nH]n3)CC2)n1. The van der Waals surface area contributed by atoms with E-state index in [0.717, 1.165) is 12.8 Å². The summed E-state index contributed by atoms with van der Waals surface area (Å²) in [7, 11) is 0. The Kier molecular flexibility index (Phi) is 2.98. The highest BCUT2D eigenvalue weighted by atomic mass is 16.5. The topological polar surface area (TPSA) is 101 Å². The molecule has 8 nitrogen and oxygen atoms in total. The number of aromatic nitrogens is 5. The highest BCUT2D eigenvalue weighted by molar-refractivity contribution is 5.91. The van der Waals surface area contributed by atoms with Crippen LogP contribution < -0.4 is 0 Å². The predicted molar refractivity (Wildman–Crippen MR) is 63.3 cm³/mol. The average Bonchev–Trinajstić information content (AvgIpc) is 3.09. The van der Waals surface area contributed by atoms with E-state index in [-0.39, 0.29) is 11.8 Å². The zero-order valence-corrected chi connectivity index (χ0v) is 10.5. The standard InChI is InChI=1S/C11H14N6O2/c1-7-13-10(19-15-7)8-2-4-17(5-3-8)11(18)9-6-12-16-14-9/h6,8H,2-5H2,1H3,(H,12,14,16). The lowest BCUT2D eigenvalue weighted by atomic mass is 9.96. The molecular formula is C11H14N6O2. The summed E-state index contributed by atoms with van der Waals surface area (Å²) in [6.07, 6.45) is 3.09. The van der Waals surface area contributed by atoms with Crippen LogP contribution in [0.4, 0.5) is 0 Å². The number of likely N-dealkylation sites (tertiary alicyclic amines) is 1. The number of nitrogens with one attached hydrogen (secondary N) is 1. The molecule has 0 aromatic carbocycles. The van der Waals surface area contributed by atoms with E-state index in [0.29, 0.717) is 30.5 Å². The van der Waals surface area contributed by atoms with Crippen LogP contribution in [0.5, 0.6) is 0 Å². The molecule has 1 aliphatic rings. The molecule has 8 heteroatoms. The van der Waals surface area contributed by atoms with Gasteiger partial charge in [-0.05, 0) is 19.8 Å². The fourth-order valence-electron chi connectivity index (χ4n) is 2.28. The van der Waals surface area contributed by atoms with Gasteiger partial charge in [0, 0.05) is 19.0 Å². The van der Waals surface area contributed by atoms with Crippen molar-refractivity contribution < 1.29 is 9.32 Å². The summed E-state index contributed by atoms with van der Waals surface area (Å²) in [5, 5.41) is 13.7. The minimum atomic E-state index is -0.0890. The summed E-state index contributed by atoms with van der Waals surface area (Å²) >= 11 is 0. The Labute approximate surface area is 109 Å². The second-order valence-electron chi connectivity index (χ2n) is 4.60. The molecule has 2 aromatic rings. The number of aryl methyl sites for hydroxylation is 1. The molecule has 2 aromatic heterocycles. The van der Waals surface area contributed by atoms with Crippen molar-refractivity contribution in [2.45, 2.75) is 25.7 Å². The number of hydrogen-bond acceptors (Lipinski definition) is 6. The van der Waals surface area contributed by atoms with Crippen LogP contribution in [0.25, 0.3) is 0 Å². The van der Waals surface area contributed by atoms with Crippen molar-refractivity contribution in [2.75, 3.05) is 13.1 Å². The highest BCUT2D eigenvalue weighted by Gasteiger charge is 2.28. The van der Waals surface area contributed by atoms with E-state index in [2.05, 4.69) is 25.6 Å². The molecule has 0 bridgehead atoms. The van der Waals surface area contributed by atoms with E-state index in [1.807, 2.05) is 0 Å². The molecule has 0 radical (unpaired) electrons. The van der Waals surface area contributed by atoms with Gasteiger partial charge in [-0.25, -0.2) is 0 Å². The van der Waals surface area contributed by atoms with Gasteiger partial charge in [-0.1, -0.05) is 5.16 Å². The molecule has 0 atom stereocenters. The summed E-state index contributed by atoms with van der Waals surface area (Å²) in [6.45, 7) is 3.13. The number of H-pyrrole nitrogens is 1. The van der Waals surface area contributed by atoms with Crippen LogP contribution >= 0.6 is 0 Å². The van der Waals surface area contributed by atoms with E-state index in [4.69, 9.17) is 4.52 Å². The molecule has 1 fully saturated rings. The average molecular weight is 262 g/mol. The van der Waals surface area contributed by atoms with Crippen LogP contribution in [-0.4, -0.2) is 49.4 Å². The Morgan fingerprint density at radius 2 is 2.26 bits per heavy atom. The fraction of sp³-hybridized carbons (Fsp3) is 0.545. The van der Waals surface area contributed by atoms with Gasteiger partial charge in [0.2, 0.25) is 5.89 Å². The molecular weight excluding hydrogens is 248 g/mol. The normalized spacial score (nSPS) is 16.8. The smallest absolute Gasteiger partial charge is 0.276 e. The summed E-state index contributed by atoms with van der Waals surface area (Å²) in [6, 6.07) is 0. The number of carbonyl (C=O) groups excluding carboxylic acids is 1. The van der Waals surface area contributed by atoms with Crippen LogP contribution in [0, 0.1) is 6.92 Å². The van der Waals surface area contributed by atoms with Crippen LogP contribution in [0.15, 0.2) is 10.7 Å². The van der Waals surface area contributed by atoms with E-state index in [1.54, 1.807) is 11.8 Å². The number of carbonyl (C=O) groups is 1. The summed E-state index contributed by atoms with van der Waals surface area (Å²) in [5.74, 6) is 1.47. The zero-order chi connectivity index (χ0) is 13.2. The van der Waals surface area contributed by atoms with E-state index in [9.17, 15) is 4.79 Å². The lowest BCUT2D eigenvalue weighted by molar-refractivity contribution is 0.0698. The van der Waals surface area contributed by atoms with Crippen LogP contribution in [0.1, 0.15) is 41.0 Å². The second kappa shape index (κ2) is 4.79. The Bertz CT molecular complexity index is 556. The number of piperidine rings is 1. The molecule has 1 saturated heterocycles. The molecule has 0 unspecified atom stereocenters. The summed E-state index contributed by atoms with van der Waals surface area (Å²) in [5.41, 5.74) is 0.354. The van der Waals surface area contributed by atoms with Gasteiger partial charge in [0.25, 0.3) is 5.91 Å². The third-order valence-electron chi connectivity index (χ3n) is 3.31. The van der Waals surface area contributed by atoms with Crippen molar-refractivity contribution in [1.82, 2.24) is 30.5 Å². The van der Waals surface area contributed by atoms with Crippen molar-refractivity contribution in [3.63, 3.8) is 0 Å². The maximum absolute atomic E-state index is 12.1. The Morgan fingerprint density at radius 1 is 1.47 bits per heavy atom. The van der Waals surface area contributed by atoms with Crippen LogP contribution in [-0.2, 0) is 0 Å². The Balaban J connectivity index is 1.62. The van der Waals surface area contributed by atoms with Gasteiger partial charge >= 0.3 is 0 Å². The quantitative estimate of drug-likeness (QED) is 0.846. The van der Waals surface area contributed by atoms with Gasteiger partial charge in [-0.3, -0.25) is 4.79 Å². The van der Waals surface area contributed by atoms with Gasteiger partial charge in [0.05, 0.1) is 6.20 Å². The minimum Gasteiger partial charge on any atom is -0.339 e. The monoisotopic (exact) mass is 262 g/mol. The van der Waals surface area contributed by atoms with Gasteiger partial charge in [0.1, 0.15) is 0 Å². The molecule has 19 heavy (non-hydrogen) atoms. The highest BCUT2D eigenvalue weighted by Crippen LogP contribution is 2.27. The maximum atomic E-state index is 12.1. The minimum absolute atomic E-state index is 0.0890. The first-order chi connectivity index (χ1) is 9.24. The second-order valence-corrected chi connectivity index (χ2v) is 4.60. The van der Waals surface area contributed by atoms with E-state index >= 15 is 0 Å². The fourth-order valence-corrected chi connectivity index (χ4v) is 2.28. The van der Waals surface area contributed by atoms with Gasteiger partial charge < -0.3 is 9.42 Å². The van der Waals surface area contributed by atoms with Crippen molar-refractivity contribution in [1.29, 1.82) is 0 Å². The third-order valence-corrected chi connectivity index (χ3v) is 3.31. The Morgan fingerprint density at radius 3 is 2.84 bits per heavy atom. The molecule has 0 aliphatic carbocycles. The molecule has 3 rings (SSSR count). The maximum Gasteiger partial charge on any atom is 0.276 e. The first kappa shape index (κ1) is 11.8. The molecule has 1 amide bonds. The van der Waals surface area contributed by atoms with Crippen molar-refractivity contribution in [3.05, 3.63) is 23.6 Å². The van der Waals surface area contributed by atoms with Gasteiger partial charge in [0.15, 0.2) is 11.5 Å². The van der Waals surface area contributed by atoms with E-state index < -0.39 is 0 Å². The summed E-state index contributed by atoms with van der Waals surface area (Å²) in [4.78, 5) is 18.1. The molecule has 0 saturated carbocycles. The number of nitrogens with zero attached hydrogens (tertiary/aromatic N) is 5. The molecule has 1 aliphatic heterocycles. The third kappa shape index (κ3) is 2.33. The first-order valence-electron chi connectivity index (χ1n) is 6.19. The lowest BCUT2D eigenvalue weighted by Crippen LogP contribution is -2.38. The first-order valence-corrected chi connectivity index (χ1v) is 6.19. The summed E-state index contributed by atoms with van der Waals surface area (Å²) < 4.78 is 5.18. The zero-order valence-electron chi connectivity index (χ0n) is 10.5. The number of amides is 1. The largest absolute Gasteiger partial charge is 0.339 e. The van der Waals surface area contributed by atoms with Crippen molar-refractivity contribution in [2.24, 2.45) is 0 Å².